The Balaban J connectivity index is 1.50. The zero-order chi connectivity index (χ0) is 15.2. The predicted molar refractivity (Wildman–Crippen MR) is 89.6 cm³/mol. The summed E-state index contributed by atoms with van der Waals surface area (Å²) in [5.74, 6) is 2.91. The lowest BCUT2D eigenvalue weighted by Crippen LogP contribution is -2.59. The molecule has 0 aromatic heterocycles. The van der Waals surface area contributed by atoms with E-state index in [0.29, 0.717) is 21.8 Å². The minimum Gasteiger partial charge on any atom is -0.369 e. The maximum absolute atomic E-state index is 5.96. The van der Waals surface area contributed by atoms with Crippen LogP contribution in [0.3, 0.4) is 0 Å². The molecular weight excluding hydrogens is 268 g/mol. The molecule has 5 rings (SSSR count). The summed E-state index contributed by atoms with van der Waals surface area (Å²) in [6.07, 6.45) is 14.9. The second-order valence-corrected chi connectivity index (χ2v) is 10.7. The molecule has 2 bridgehead atoms. The van der Waals surface area contributed by atoms with E-state index in [1.807, 2.05) is 0 Å². The van der Waals surface area contributed by atoms with Crippen LogP contribution < -0.4 is 0 Å². The number of ether oxygens (including phenoxy) is 1. The molecule has 1 saturated heterocycles. The highest BCUT2D eigenvalue weighted by molar-refractivity contribution is 5.15. The van der Waals surface area contributed by atoms with Gasteiger partial charge in [0.1, 0.15) is 0 Å². The lowest BCUT2D eigenvalue weighted by atomic mass is 9.38. The highest BCUT2D eigenvalue weighted by Crippen LogP contribution is 2.72. The van der Waals surface area contributed by atoms with Gasteiger partial charge in [-0.1, -0.05) is 27.2 Å². The summed E-state index contributed by atoms with van der Waals surface area (Å²) in [4.78, 5) is 0. The third-order valence-corrected chi connectivity index (χ3v) is 9.50. The highest BCUT2D eigenvalue weighted by atomic mass is 16.6. The average molecular weight is 303 g/mol. The molecule has 4 aliphatic carbocycles. The molecular formula is C21H34O. The van der Waals surface area contributed by atoms with Crippen LogP contribution in [-0.4, -0.2) is 12.2 Å². The number of hydrogen-bond acceptors (Lipinski definition) is 1. The van der Waals surface area contributed by atoms with Crippen LogP contribution >= 0.6 is 0 Å². The van der Waals surface area contributed by atoms with Gasteiger partial charge in [-0.2, -0.15) is 0 Å². The van der Waals surface area contributed by atoms with E-state index in [2.05, 4.69) is 20.8 Å². The summed E-state index contributed by atoms with van der Waals surface area (Å²) in [5.41, 5.74) is 2.30. The Morgan fingerprint density at radius 1 is 0.818 bits per heavy atom. The summed E-state index contributed by atoms with van der Waals surface area (Å²) >= 11 is 0. The summed E-state index contributed by atoms with van der Waals surface area (Å²) in [7, 11) is 0. The van der Waals surface area contributed by atoms with Gasteiger partial charge in [-0.15, -0.1) is 0 Å². The Hall–Kier alpha value is -0.0400. The molecule has 5 fully saturated rings. The van der Waals surface area contributed by atoms with Crippen molar-refractivity contribution in [2.75, 3.05) is 6.61 Å². The Labute approximate surface area is 136 Å². The zero-order valence-electron chi connectivity index (χ0n) is 14.9. The minimum absolute atomic E-state index is 0.375. The SMILES string of the molecule is CC1(C)CCCC2(C)C1CCC13CCC4(CO4)C(CCC12)C3. The van der Waals surface area contributed by atoms with Crippen molar-refractivity contribution in [1.29, 1.82) is 0 Å². The Kier molecular flexibility index (Phi) is 2.69. The standard InChI is InChI=1S/C21H34O/c1-18(2)8-4-9-19(3)16(18)7-10-20-11-12-21(14-22-21)15(13-20)5-6-17(19)20/h15-17H,4-14H2,1-3H3. The third-order valence-electron chi connectivity index (χ3n) is 9.50. The molecule has 0 aromatic carbocycles. The average Bonchev–Trinajstić information content (AvgIpc) is 3.24. The Morgan fingerprint density at radius 3 is 2.41 bits per heavy atom. The van der Waals surface area contributed by atoms with Gasteiger partial charge < -0.3 is 4.74 Å². The van der Waals surface area contributed by atoms with Crippen LogP contribution in [0.15, 0.2) is 0 Å². The van der Waals surface area contributed by atoms with Crippen molar-refractivity contribution in [3.8, 4) is 0 Å². The van der Waals surface area contributed by atoms with Crippen LogP contribution in [0.5, 0.6) is 0 Å². The first-order valence-corrected chi connectivity index (χ1v) is 10.0. The summed E-state index contributed by atoms with van der Waals surface area (Å²) in [6, 6.07) is 0. The molecule has 22 heavy (non-hydrogen) atoms. The number of fused-ring (bicyclic) bond motifs is 4. The molecule has 1 aliphatic heterocycles. The second kappa shape index (κ2) is 4.13. The van der Waals surface area contributed by atoms with Gasteiger partial charge in [0.05, 0.1) is 12.2 Å². The van der Waals surface area contributed by atoms with E-state index in [1.165, 1.54) is 64.2 Å². The fourth-order valence-corrected chi connectivity index (χ4v) is 8.44. The first kappa shape index (κ1) is 14.3. The van der Waals surface area contributed by atoms with Gasteiger partial charge >= 0.3 is 0 Å². The van der Waals surface area contributed by atoms with Crippen LogP contribution in [0.1, 0.15) is 85.0 Å². The van der Waals surface area contributed by atoms with E-state index in [4.69, 9.17) is 4.74 Å². The van der Waals surface area contributed by atoms with Crippen molar-refractivity contribution < 1.29 is 4.74 Å². The smallest absolute Gasteiger partial charge is 0.0944 e. The molecule has 5 aliphatic rings. The predicted octanol–water partition coefficient (Wildman–Crippen LogP) is 5.58. The topological polar surface area (TPSA) is 12.5 Å². The Bertz CT molecular complexity index is 490. The number of hydrogen-bond donors (Lipinski definition) is 0. The van der Waals surface area contributed by atoms with Gasteiger partial charge in [0.25, 0.3) is 0 Å². The minimum atomic E-state index is 0.375. The first-order chi connectivity index (χ1) is 10.4. The van der Waals surface area contributed by atoms with Gasteiger partial charge in [-0.25, -0.2) is 0 Å². The molecule has 6 unspecified atom stereocenters. The summed E-state index contributed by atoms with van der Waals surface area (Å²) in [5, 5.41) is 0. The van der Waals surface area contributed by atoms with Crippen LogP contribution in [0.2, 0.25) is 0 Å². The van der Waals surface area contributed by atoms with Crippen LogP contribution in [0.4, 0.5) is 0 Å². The van der Waals surface area contributed by atoms with Crippen LogP contribution in [0.25, 0.3) is 0 Å². The zero-order valence-corrected chi connectivity index (χ0v) is 14.9. The van der Waals surface area contributed by atoms with Crippen molar-refractivity contribution in [2.24, 2.45) is 34.0 Å². The molecule has 0 amide bonds. The quantitative estimate of drug-likeness (QED) is 0.532. The lowest BCUT2D eigenvalue weighted by Gasteiger charge is -2.67. The molecule has 1 nitrogen and oxygen atoms in total. The lowest BCUT2D eigenvalue weighted by molar-refractivity contribution is -0.178. The largest absolute Gasteiger partial charge is 0.369 e. The van der Waals surface area contributed by atoms with Gasteiger partial charge in [0, 0.05) is 0 Å². The molecule has 6 atom stereocenters. The van der Waals surface area contributed by atoms with E-state index in [1.54, 1.807) is 0 Å². The van der Waals surface area contributed by atoms with Crippen LogP contribution in [-0.2, 0) is 4.74 Å². The molecule has 0 radical (unpaired) electrons. The number of rotatable bonds is 0. The van der Waals surface area contributed by atoms with Crippen molar-refractivity contribution in [3.05, 3.63) is 0 Å². The first-order valence-electron chi connectivity index (χ1n) is 10.0. The molecule has 4 saturated carbocycles. The van der Waals surface area contributed by atoms with E-state index in [9.17, 15) is 0 Å². The molecule has 1 heterocycles. The maximum Gasteiger partial charge on any atom is 0.0944 e. The van der Waals surface area contributed by atoms with E-state index in [-0.39, 0.29) is 0 Å². The van der Waals surface area contributed by atoms with Gasteiger partial charge in [0.2, 0.25) is 0 Å². The van der Waals surface area contributed by atoms with Crippen molar-refractivity contribution in [1.82, 2.24) is 0 Å². The highest BCUT2D eigenvalue weighted by Gasteiger charge is 2.66. The number of epoxide rings is 1. The van der Waals surface area contributed by atoms with Crippen molar-refractivity contribution in [3.63, 3.8) is 0 Å². The fourth-order valence-electron chi connectivity index (χ4n) is 8.44. The fraction of sp³-hybridized carbons (Fsp3) is 1.00. The van der Waals surface area contributed by atoms with E-state index >= 15 is 0 Å². The Morgan fingerprint density at radius 2 is 1.64 bits per heavy atom. The van der Waals surface area contributed by atoms with Gasteiger partial charge in [-0.05, 0) is 91.8 Å². The monoisotopic (exact) mass is 302 g/mol. The maximum atomic E-state index is 5.96. The molecule has 0 aromatic rings. The van der Waals surface area contributed by atoms with Crippen molar-refractivity contribution >= 4 is 0 Å². The van der Waals surface area contributed by atoms with Gasteiger partial charge in [0.15, 0.2) is 0 Å². The van der Waals surface area contributed by atoms with E-state index < -0.39 is 0 Å². The summed E-state index contributed by atoms with van der Waals surface area (Å²) in [6.45, 7) is 8.95. The molecule has 1 heteroatoms. The van der Waals surface area contributed by atoms with Crippen LogP contribution in [0, 0.1) is 34.0 Å². The van der Waals surface area contributed by atoms with E-state index in [0.717, 1.165) is 24.4 Å². The molecule has 0 N–H and O–H groups in total. The van der Waals surface area contributed by atoms with Crippen molar-refractivity contribution in [2.45, 2.75) is 90.6 Å². The normalized spacial score (nSPS) is 58.8. The second-order valence-electron chi connectivity index (χ2n) is 10.7. The summed E-state index contributed by atoms with van der Waals surface area (Å²) < 4.78 is 5.96. The van der Waals surface area contributed by atoms with Gasteiger partial charge in [-0.3, -0.25) is 0 Å². The molecule has 124 valence electrons. The third kappa shape index (κ3) is 1.65. The molecule has 2 spiro atoms.